The Morgan fingerprint density at radius 1 is 1.28 bits per heavy atom. The molecule has 1 fully saturated rings. The monoisotopic (exact) mass is 254 g/mol. The summed E-state index contributed by atoms with van der Waals surface area (Å²) in [7, 11) is 0. The van der Waals surface area contributed by atoms with Crippen LogP contribution in [0.4, 0.5) is 0 Å². The molecule has 0 saturated heterocycles. The van der Waals surface area contributed by atoms with Crippen molar-refractivity contribution in [2.24, 2.45) is 11.8 Å². The first-order valence-corrected chi connectivity index (χ1v) is 7.61. The molecular formula is C15H30N2O. The molecule has 1 amide bonds. The molecule has 0 aromatic heterocycles. The third kappa shape index (κ3) is 6.39. The van der Waals surface area contributed by atoms with Crippen LogP contribution in [-0.4, -0.2) is 25.0 Å². The zero-order chi connectivity index (χ0) is 13.4. The molecule has 0 heterocycles. The summed E-state index contributed by atoms with van der Waals surface area (Å²) in [6.07, 6.45) is 7.53. The minimum absolute atomic E-state index is 0.139. The first kappa shape index (κ1) is 15.5. The van der Waals surface area contributed by atoms with Crippen LogP contribution in [0, 0.1) is 11.8 Å². The molecular weight excluding hydrogens is 224 g/mol. The van der Waals surface area contributed by atoms with Gasteiger partial charge in [0.15, 0.2) is 0 Å². The van der Waals surface area contributed by atoms with E-state index in [1.165, 1.54) is 25.7 Å². The minimum Gasteiger partial charge on any atom is -0.353 e. The SMILES string of the molecule is CCCC(C)NC(=O)CNCC1CCC(C)CC1. The van der Waals surface area contributed by atoms with Gasteiger partial charge >= 0.3 is 0 Å². The molecule has 1 unspecified atom stereocenters. The molecule has 0 aromatic carbocycles. The van der Waals surface area contributed by atoms with Crippen LogP contribution in [0.25, 0.3) is 0 Å². The second-order valence-electron chi connectivity index (χ2n) is 6.01. The Morgan fingerprint density at radius 2 is 1.94 bits per heavy atom. The Morgan fingerprint density at radius 3 is 2.56 bits per heavy atom. The molecule has 3 nitrogen and oxygen atoms in total. The predicted molar refractivity (Wildman–Crippen MR) is 76.5 cm³/mol. The normalized spacial score (nSPS) is 25.7. The minimum atomic E-state index is 0.139. The van der Waals surface area contributed by atoms with Gasteiger partial charge in [-0.25, -0.2) is 0 Å². The molecule has 3 heteroatoms. The topological polar surface area (TPSA) is 41.1 Å². The van der Waals surface area contributed by atoms with Crippen LogP contribution in [0.1, 0.15) is 59.3 Å². The van der Waals surface area contributed by atoms with Crippen molar-refractivity contribution in [3.05, 3.63) is 0 Å². The van der Waals surface area contributed by atoms with E-state index in [2.05, 4.69) is 31.4 Å². The Balaban J connectivity index is 2.04. The Hall–Kier alpha value is -0.570. The molecule has 106 valence electrons. The summed E-state index contributed by atoms with van der Waals surface area (Å²) < 4.78 is 0. The highest BCUT2D eigenvalue weighted by Gasteiger charge is 2.17. The van der Waals surface area contributed by atoms with Crippen molar-refractivity contribution in [3.63, 3.8) is 0 Å². The van der Waals surface area contributed by atoms with Crippen LogP contribution in [0.5, 0.6) is 0 Å². The largest absolute Gasteiger partial charge is 0.353 e. The van der Waals surface area contributed by atoms with Crippen LogP contribution in [0.3, 0.4) is 0 Å². The number of hydrogen-bond acceptors (Lipinski definition) is 2. The molecule has 1 saturated carbocycles. The highest BCUT2D eigenvalue weighted by molar-refractivity contribution is 5.78. The fraction of sp³-hybridized carbons (Fsp3) is 0.933. The average Bonchev–Trinajstić information content (AvgIpc) is 2.32. The number of nitrogens with one attached hydrogen (secondary N) is 2. The lowest BCUT2D eigenvalue weighted by Crippen LogP contribution is -2.40. The van der Waals surface area contributed by atoms with E-state index in [1.807, 2.05) is 0 Å². The summed E-state index contributed by atoms with van der Waals surface area (Å²) in [6.45, 7) is 8.03. The van der Waals surface area contributed by atoms with Crippen molar-refractivity contribution in [1.82, 2.24) is 10.6 Å². The fourth-order valence-corrected chi connectivity index (χ4v) is 2.75. The molecule has 0 aliphatic heterocycles. The molecule has 1 aliphatic rings. The van der Waals surface area contributed by atoms with E-state index in [0.717, 1.165) is 31.2 Å². The number of rotatable bonds is 7. The lowest BCUT2D eigenvalue weighted by atomic mass is 9.83. The van der Waals surface area contributed by atoms with Gasteiger partial charge in [0.1, 0.15) is 0 Å². The average molecular weight is 254 g/mol. The highest BCUT2D eigenvalue weighted by Crippen LogP contribution is 2.27. The van der Waals surface area contributed by atoms with Gasteiger partial charge in [-0.2, -0.15) is 0 Å². The van der Waals surface area contributed by atoms with Crippen LogP contribution >= 0.6 is 0 Å². The van der Waals surface area contributed by atoms with Gasteiger partial charge < -0.3 is 10.6 Å². The predicted octanol–water partition coefficient (Wildman–Crippen LogP) is 2.71. The summed E-state index contributed by atoms with van der Waals surface area (Å²) in [4.78, 5) is 11.6. The van der Waals surface area contributed by atoms with Gasteiger partial charge in [-0.05, 0) is 44.6 Å². The third-order valence-corrected chi connectivity index (χ3v) is 3.98. The van der Waals surface area contributed by atoms with Crippen molar-refractivity contribution < 1.29 is 4.79 Å². The van der Waals surface area contributed by atoms with Gasteiger partial charge in [0.25, 0.3) is 0 Å². The molecule has 1 atom stereocenters. The number of carbonyl (C=O) groups excluding carboxylic acids is 1. The van der Waals surface area contributed by atoms with Crippen LogP contribution in [0.2, 0.25) is 0 Å². The van der Waals surface area contributed by atoms with E-state index in [0.29, 0.717) is 12.6 Å². The molecule has 0 bridgehead atoms. The highest BCUT2D eigenvalue weighted by atomic mass is 16.1. The zero-order valence-electron chi connectivity index (χ0n) is 12.3. The van der Waals surface area contributed by atoms with E-state index < -0.39 is 0 Å². The Bertz CT molecular complexity index is 235. The summed E-state index contributed by atoms with van der Waals surface area (Å²) in [5, 5.41) is 6.33. The number of hydrogen-bond donors (Lipinski definition) is 2. The maximum absolute atomic E-state index is 11.6. The van der Waals surface area contributed by atoms with Gasteiger partial charge in [-0.3, -0.25) is 4.79 Å². The van der Waals surface area contributed by atoms with Gasteiger partial charge in [0, 0.05) is 6.04 Å². The quantitative estimate of drug-likeness (QED) is 0.733. The van der Waals surface area contributed by atoms with Crippen LogP contribution in [-0.2, 0) is 4.79 Å². The summed E-state index contributed by atoms with van der Waals surface area (Å²) >= 11 is 0. The van der Waals surface area contributed by atoms with Gasteiger partial charge in [0.05, 0.1) is 6.54 Å². The van der Waals surface area contributed by atoms with Crippen molar-refractivity contribution in [2.75, 3.05) is 13.1 Å². The second-order valence-corrected chi connectivity index (χ2v) is 6.01. The number of carbonyl (C=O) groups is 1. The van der Waals surface area contributed by atoms with Gasteiger partial charge in [-0.15, -0.1) is 0 Å². The second kappa shape index (κ2) is 8.52. The zero-order valence-corrected chi connectivity index (χ0v) is 12.3. The van der Waals surface area contributed by atoms with Gasteiger partial charge in [-0.1, -0.05) is 33.1 Å². The van der Waals surface area contributed by atoms with Crippen molar-refractivity contribution >= 4 is 5.91 Å². The van der Waals surface area contributed by atoms with Crippen molar-refractivity contribution in [2.45, 2.75) is 65.3 Å². The molecule has 1 aliphatic carbocycles. The van der Waals surface area contributed by atoms with Crippen molar-refractivity contribution in [3.8, 4) is 0 Å². The first-order valence-electron chi connectivity index (χ1n) is 7.61. The lowest BCUT2D eigenvalue weighted by molar-refractivity contribution is -0.120. The lowest BCUT2D eigenvalue weighted by Gasteiger charge is -2.26. The van der Waals surface area contributed by atoms with E-state index in [9.17, 15) is 4.79 Å². The molecule has 18 heavy (non-hydrogen) atoms. The standard InChI is InChI=1S/C15H30N2O/c1-4-5-13(3)17-15(18)11-16-10-14-8-6-12(2)7-9-14/h12-14,16H,4-11H2,1-3H3,(H,17,18). The summed E-state index contributed by atoms with van der Waals surface area (Å²) in [6, 6.07) is 0.305. The first-order chi connectivity index (χ1) is 8.61. The van der Waals surface area contributed by atoms with E-state index in [1.54, 1.807) is 0 Å². The molecule has 0 spiro atoms. The smallest absolute Gasteiger partial charge is 0.234 e. The molecule has 0 radical (unpaired) electrons. The Labute approximate surface area is 112 Å². The van der Waals surface area contributed by atoms with Gasteiger partial charge in [0.2, 0.25) is 5.91 Å². The summed E-state index contributed by atoms with van der Waals surface area (Å²) in [5.74, 6) is 1.82. The molecule has 0 aromatic rings. The third-order valence-electron chi connectivity index (χ3n) is 3.98. The number of amides is 1. The molecule has 1 rings (SSSR count). The van der Waals surface area contributed by atoms with E-state index in [4.69, 9.17) is 0 Å². The van der Waals surface area contributed by atoms with Crippen LogP contribution < -0.4 is 10.6 Å². The fourth-order valence-electron chi connectivity index (χ4n) is 2.75. The van der Waals surface area contributed by atoms with Crippen LogP contribution in [0.15, 0.2) is 0 Å². The maximum Gasteiger partial charge on any atom is 0.234 e. The van der Waals surface area contributed by atoms with Crippen molar-refractivity contribution in [1.29, 1.82) is 0 Å². The van der Waals surface area contributed by atoms with E-state index >= 15 is 0 Å². The Kier molecular flexibility index (Phi) is 7.33. The maximum atomic E-state index is 11.6. The summed E-state index contributed by atoms with van der Waals surface area (Å²) in [5.41, 5.74) is 0. The molecule has 2 N–H and O–H groups in total. The van der Waals surface area contributed by atoms with E-state index in [-0.39, 0.29) is 5.91 Å².